The van der Waals surface area contributed by atoms with Crippen molar-refractivity contribution in [2.24, 2.45) is 5.41 Å². The fourth-order valence-corrected chi connectivity index (χ4v) is 1.24. The van der Waals surface area contributed by atoms with E-state index in [1.807, 2.05) is 33.3 Å². The molecule has 0 N–H and O–H groups in total. The molecule has 0 spiro atoms. The van der Waals surface area contributed by atoms with Crippen LogP contribution >= 0.6 is 0 Å². The third-order valence-corrected chi connectivity index (χ3v) is 1.72. The molecule has 0 heterocycles. The number of hydrogen-bond acceptors (Lipinski definition) is 2. The van der Waals surface area contributed by atoms with E-state index < -0.39 is 0 Å². The fourth-order valence-electron chi connectivity index (χ4n) is 1.24. The molecule has 0 atom stereocenters. The molecular weight excluding hydrogens is 178 g/mol. The van der Waals surface area contributed by atoms with Crippen LogP contribution in [0.25, 0.3) is 0 Å². The lowest BCUT2D eigenvalue weighted by Crippen LogP contribution is -2.08. The maximum absolute atomic E-state index is 10.7. The van der Waals surface area contributed by atoms with Gasteiger partial charge in [0.15, 0.2) is 0 Å². The molecule has 75 valence electrons. The minimum Gasteiger partial charge on any atom is -0.258 e. The van der Waals surface area contributed by atoms with Gasteiger partial charge in [-0.05, 0) is 5.41 Å². The van der Waals surface area contributed by atoms with Crippen molar-refractivity contribution in [3.05, 3.63) is 46.4 Å². The van der Waals surface area contributed by atoms with Crippen molar-refractivity contribution >= 4 is 5.69 Å². The second kappa shape index (κ2) is 3.78. The largest absolute Gasteiger partial charge is 0.272 e. The van der Waals surface area contributed by atoms with Crippen LogP contribution in [-0.2, 0) is 0 Å². The van der Waals surface area contributed by atoms with Crippen LogP contribution in [0.3, 0.4) is 0 Å². The predicted molar refractivity (Wildman–Crippen MR) is 56.0 cm³/mol. The molecule has 14 heavy (non-hydrogen) atoms. The number of rotatable bonds is 2. The molecule has 0 fully saturated rings. The first-order valence-corrected chi connectivity index (χ1v) is 4.49. The van der Waals surface area contributed by atoms with E-state index in [0.29, 0.717) is 5.56 Å². The molecule has 0 unspecified atom stereocenters. The van der Waals surface area contributed by atoms with Crippen LogP contribution in [0.5, 0.6) is 0 Å². The number of para-hydroxylation sites is 1. The van der Waals surface area contributed by atoms with Crippen molar-refractivity contribution < 1.29 is 4.92 Å². The summed E-state index contributed by atoms with van der Waals surface area (Å²) in [4.78, 5) is 10.3. The minimum atomic E-state index is -0.350. The third kappa shape index (κ3) is 2.83. The van der Waals surface area contributed by atoms with Crippen LogP contribution in [0.15, 0.2) is 24.3 Å². The van der Waals surface area contributed by atoms with Crippen LogP contribution in [0.4, 0.5) is 5.69 Å². The molecule has 0 aliphatic carbocycles. The SMILES string of the molecule is CC(C)(C)[CH]c1ccccc1[N+](=O)[O-]. The lowest BCUT2D eigenvalue weighted by molar-refractivity contribution is -0.385. The molecule has 1 aromatic carbocycles. The average molecular weight is 192 g/mol. The van der Waals surface area contributed by atoms with Crippen LogP contribution < -0.4 is 0 Å². The summed E-state index contributed by atoms with van der Waals surface area (Å²) in [5.74, 6) is 0. The topological polar surface area (TPSA) is 43.1 Å². The maximum Gasteiger partial charge on any atom is 0.272 e. The molecule has 0 amide bonds. The molecule has 1 radical (unpaired) electrons. The minimum absolute atomic E-state index is 0.0495. The lowest BCUT2D eigenvalue weighted by atomic mass is 9.87. The number of nitro groups is 1. The molecule has 1 aromatic rings. The van der Waals surface area contributed by atoms with Crippen LogP contribution in [0.1, 0.15) is 26.3 Å². The van der Waals surface area contributed by atoms with Crippen molar-refractivity contribution in [2.45, 2.75) is 20.8 Å². The Morgan fingerprint density at radius 2 is 1.86 bits per heavy atom. The van der Waals surface area contributed by atoms with E-state index in [9.17, 15) is 10.1 Å². The van der Waals surface area contributed by atoms with Gasteiger partial charge in [0.2, 0.25) is 0 Å². The van der Waals surface area contributed by atoms with Gasteiger partial charge < -0.3 is 0 Å². The van der Waals surface area contributed by atoms with Crippen molar-refractivity contribution in [1.82, 2.24) is 0 Å². The van der Waals surface area contributed by atoms with Crippen LogP contribution in [-0.4, -0.2) is 4.92 Å². The molecule has 0 aliphatic rings. The Morgan fingerprint density at radius 1 is 1.29 bits per heavy atom. The monoisotopic (exact) mass is 192 g/mol. The number of nitrogens with zero attached hydrogens (tertiary/aromatic N) is 1. The summed E-state index contributed by atoms with van der Waals surface area (Å²) >= 11 is 0. The van der Waals surface area contributed by atoms with Gasteiger partial charge in [-0.3, -0.25) is 10.1 Å². The van der Waals surface area contributed by atoms with Crippen molar-refractivity contribution in [3.8, 4) is 0 Å². The van der Waals surface area contributed by atoms with E-state index in [1.54, 1.807) is 12.1 Å². The van der Waals surface area contributed by atoms with Gasteiger partial charge >= 0.3 is 0 Å². The summed E-state index contributed by atoms with van der Waals surface area (Å²) in [5, 5.41) is 10.7. The van der Waals surface area contributed by atoms with Crippen LogP contribution in [0, 0.1) is 22.0 Å². The highest BCUT2D eigenvalue weighted by Gasteiger charge is 2.19. The van der Waals surface area contributed by atoms with Crippen molar-refractivity contribution in [3.63, 3.8) is 0 Å². The van der Waals surface area contributed by atoms with E-state index in [-0.39, 0.29) is 16.0 Å². The molecule has 3 nitrogen and oxygen atoms in total. The van der Waals surface area contributed by atoms with Gasteiger partial charge in [-0.25, -0.2) is 0 Å². The molecule has 3 heteroatoms. The van der Waals surface area contributed by atoms with Gasteiger partial charge in [-0.2, -0.15) is 0 Å². The van der Waals surface area contributed by atoms with Crippen molar-refractivity contribution in [2.75, 3.05) is 0 Å². The first-order valence-electron chi connectivity index (χ1n) is 4.49. The van der Waals surface area contributed by atoms with E-state index in [0.717, 1.165) is 0 Å². The van der Waals surface area contributed by atoms with Crippen molar-refractivity contribution in [1.29, 1.82) is 0 Å². The zero-order valence-electron chi connectivity index (χ0n) is 8.65. The molecule has 0 bridgehead atoms. The molecule has 0 aliphatic heterocycles. The predicted octanol–water partition coefficient (Wildman–Crippen LogP) is 3.19. The van der Waals surface area contributed by atoms with Gasteiger partial charge in [-0.15, -0.1) is 0 Å². The number of benzene rings is 1. The fraction of sp³-hybridized carbons (Fsp3) is 0.364. The zero-order chi connectivity index (χ0) is 10.8. The van der Waals surface area contributed by atoms with Crippen LogP contribution in [0.2, 0.25) is 0 Å². The van der Waals surface area contributed by atoms with Gasteiger partial charge in [0.1, 0.15) is 0 Å². The number of hydrogen-bond donors (Lipinski definition) is 0. The first kappa shape index (κ1) is 10.7. The lowest BCUT2D eigenvalue weighted by Gasteiger charge is -2.17. The maximum atomic E-state index is 10.7. The third-order valence-electron chi connectivity index (χ3n) is 1.72. The molecule has 0 aromatic heterocycles. The van der Waals surface area contributed by atoms with E-state index >= 15 is 0 Å². The highest BCUT2D eigenvalue weighted by molar-refractivity contribution is 5.45. The highest BCUT2D eigenvalue weighted by atomic mass is 16.6. The molecule has 1 rings (SSSR count). The average Bonchev–Trinajstić information content (AvgIpc) is 2.01. The van der Waals surface area contributed by atoms with Gasteiger partial charge in [-0.1, -0.05) is 39.0 Å². The Hall–Kier alpha value is -1.38. The summed E-state index contributed by atoms with van der Waals surface area (Å²) in [6.45, 7) is 6.05. The first-order chi connectivity index (χ1) is 6.40. The molecule has 0 saturated heterocycles. The second-order valence-electron chi connectivity index (χ2n) is 4.33. The standard InChI is InChI=1S/C11H14NO2/c1-11(2,3)8-9-6-4-5-7-10(9)12(13)14/h4-8H,1-3H3. The highest BCUT2D eigenvalue weighted by Crippen LogP contribution is 2.28. The summed E-state index contributed by atoms with van der Waals surface area (Å²) < 4.78 is 0. The Morgan fingerprint density at radius 3 is 2.36 bits per heavy atom. The molecular formula is C11H14NO2. The summed E-state index contributed by atoms with van der Waals surface area (Å²) in [5.41, 5.74) is 0.805. The van der Waals surface area contributed by atoms with E-state index in [2.05, 4.69) is 0 Å². The zero-order valence-corrected chi connectivity index (χ0v) is 8.65. The van der Waals surface area contributed by atoms with Gasteiger partial charge in [0.05, 0.1) is 4.92 Å². The van der Waals surface area contributed by atoms with Gasteiger partial charge in [0, 0.05) is 18.1 Å². The summed E-state index contributed by atoms with van der Waals surface area (Å²) in [6, 6.07) is 6.78. The van der Waals surface area contributed by atoms with Gasteiger partial charge in [0.25, 0.3) is 5.69 Å². The second-order valence-corrected chi connectivity index (χ2v) is 4.33. The Kier molecular flexibility index (Phi) is 2.89. The van der Waals surface area contributed by atoms with E-state index in [1.165, 1.54) is 6.07 Å². The Bertz CT molecular complexity index is 339. The molecule has 0 saturated carbocycles. The Balaban J connectivity index is 3.02. The Labute approximate surface area is 83.9 Å². The summed E-state index contributed by atoms with van der Waals surface area (Å²) in [6.07, 6.45) is 1.91. The van der Waals surface area contributed by atoms with E-state index in [4.69, 9.17) is 0 Å². The smallest absolute Gasteiger partial charge is 0.258 e. The summed E-state index contributed by atoms with van der Waals surface area (Å²) in [7, 11) is 0. The number of nitro benzene ring substituents is 1. The quantitative estimate of drug-likeness (QED) is 0.533. The normalized spacial score (nSPS) is 11.4.